The molecule has 0 radical (unpaired) electrons. The van der Waals surface area contributed by atoms with Crippen molar-refractivity contribution in [3.63, 3.8) is 0 Å². The van der Waals surface area contributed by atoms with Gasteiger partial charge in [-0.3, -0.25) is 14.9 Å². The van der Waals surface area contributed by atoms with Crippen LogP contribution in [0.3, 0.4) is 0 Å². The highest BCUT2D eigenvalue weighted by molar-refractivity contribution is 6.04. The van der Waals surface area contributed by atoms with Gasteiger partial charge in [-0.25, -0.2) is 9.78 Å². The van der Waals surface area contributed by atoms with Gasteiger partial charge < -0.3 is 10.2 Å². The summed E-state index contributed by atoms with van der Waals surface area (Å²) >= 11 is 0. The molecule has 1 saturated carbocycles. The Balaban J connectivity index is 1.49. The van der Waals surface area contributed by atoms with Crippen LogP contribution in [0.15, 0.2) is 12.1 Å². The predicted octanol–water partition coefficient (Wildman–Crippen LogP) is 1.26. The lowest BCUT2D eigenvalue weighted by Gasteiger charge is -2.41. The predicted molar refractivity (Wildman–Crippen MR) is 81.1 cm³/mol. The fourth-order valence-electron chi connectivity index (χ4n) is 3.25. The maximum atomic E-state index is 13.1. The van der Waals surface area contributed by atoms with Crippen molar-refractivity contribution >= 4 is 17.8 Å². The molecule has 26 heavy (non-hydrogen) atoms. The maximum Gasteiger partial charge on any atom is 0.433 e. The summed E-state index contributed by atoms with van der Waals surface area (Å²) in [4.78, 5) is 40.3. The molecular weight excluding hydrogens is 353 g/mol. The summed E-state index contributed by atoms with van der Waals surface area (Å²) < 4.78 is 39.2. The Morgan fingerprint density at radius 1 is 1.19 bits per heavy atom. The van der Waals surface area contributed by atoms with Gasteiger partial charge in [0.15, 0.2) is 0 Å². The first-order valence-corrected chi connectivity index (χ1v) is 8.22. The third-order valence-electron chi connectivity index (χ3n) is 4.85. The summed E-state index contributed by atoms with van der Waals surface area (Å²) in [5.41, 5.74) is -0.819. The second kappa shape index (κ2) is 5.68. The highest BCUT2D eigenvalue weighted by atomic mass is 19.4. The van der Waals surface area contributed by atoms with E-state index in [4.69, 9.17) is 0 Å². The zero-order chi connectivity index (χ0) is 18.6. The number of imide groups is 1. The molecule has 3 heterocycles. The van der Waals surface area contributed by atoms with E-state index in [-0.39, 0.29) is 30.5 Å². The molecule has 10 heteroatoms. The smallest absolute Gasteiger partial charge is 0.338 e. The van der Waals surface area contributed by atoms with Crippen LogP contribution in [-0.2, 0) is 11.0 Å². The minimum Gasteiger partial charge on any atom is -0.338 e. The van der Waals surface area contributed by atoms with Crippen LogP contribution in [0.5, 0.6) is 0 Å². The Morgan fingerprint density at radius 2 is 1.88 bits per heavy atom. The quantitative estimate of drug-likeness (QED) is 0.786. The summed E-state index contributed by atoms with van der Waals surface area (Å²) in [5, 5.41) is 4.59. The molecule has 7 nitrogen and oxygen atoms in total. The Bertz CT molecular complexity index is 800. The lowest BCUT2D eigenvalue weighted by molar-refractivity contribution is -0.141. The maximum absolute atomic E-state index is 13.1. The minimum atomic E-state index is -4.62. The van der Waals surface area contributed by atoms with Crippen LogP contribution in [0.2, 0.25) is 0 Å². The summed E-state index contributed by atoms with van der Waals surface area (Å²) in [7, 11) is 0. The molecule has 4 rings (SSSR count). The number of likely N-dealkylation sites (tertiary alicyclic amines) is 1. The molecule has 4 amide bonds. The normalized spacial score (nSPS) is 23.5. The number of hydrogen-bond acceptors (Lipinski definition) is 4. The third kappa shape index (κ3) is 2.99. The monoisotopic (exact) mass is 368 g/mol. The number of halogens is 3. The van der Waals surface area contributed by atoms with E-state index in [1.165, 1.54) is 11.0 Å². The van der Waals surface area contributed by atoms with Gasteiger partial charge in [-0.15, -0.1) is 0 Å². The van der Waals surface area contributed by atoms with E-state index in [1.807, 2.05) is 0 Å². The first kappa shape index (κ1) is 16.8. The molecule has 1 aromatic rings. The minimum absolute atomic E-state index is 0.0228. The standard InChI is InChI=1S/C16H15F3N4O3/c17-16(18,19)11-4-8(3-10(20-11)7-1-2-7)14(25)23-5-9(6-23)12-13(24)22-15(26)21-12/h3-4,7,9,12H,1-2,5-6H2,(H2,21,22,24,26). The summed E-state index contributed by atoms with van der Waals surface area (Å²) in [6, 6.07) is 0.901. The molecule has 1 atom stereocenters. The molecule has 3 aliphatic rings. The van der Waals surface area contributed by atoms with E-state index < -0.39 is 35.8 Å². The zero-order valence-corrected chi connectivity index (χ0v) is 13.5. The van der Waals surface area contributed by atoms with E-state index in [1.54, 1.807) is 0 Å². The van der Waals surface area contributed by atoms with Crippen LogP contribution in [0.1, 0.15) is 40.5 Å². The second-order valence-electron chi connectivity index (χ2n) is 6.85. The van der Waals surface area contributed by atoms with Gasteiger partial charge in [-0.2, -0.15) is 13.2 Å². The lowest BCUT2D eigenvalue weighted by atomic mass is 9.90. The van der Waals surface area contributed by atoms with Crippen molar-refractivity contribution in [2.75, 3.05) is 13.1 Å². The molecule has 1 unspecified atom stereocenters. The SMILES string of the molecule is O=C1NC(=O)C(C2CN(C(=O)c3cc(C4CC4)nc(C(F)(F)F)c3)C2)N1. The molecule has 2 N–H and O–H groups in total. The molecule has 138 valence electrons. The number of nitrogens with zero attached hydrogens (tertiary/aromatic N) is 2. The Kier molecular flexibility index (Phi) is 3.67. The van der Waals surface area contributed by atoms with Crippen LogP contribution in [-0.4, -0.2) is 46.9 Å². The van der Waals surface area contributed by atoms with E-state index in [0.717, 1.165) is 18.9 Å². The third-order valence-corrected chi connectivity index (χ3v) is 4.85. The molecular formula is C16H15F3N4O3. The van der Waals surface area contributed by atoms with Crippen molar-refractivity contribution in [2.45, 2.75) is 31.0 Å². The number of urea groups is 1. The van der Waals surface area contributed by atoms with Gasteiger partial charge in [0.1, 0.15) is 11.7 Å². The van der Waals surface area contributed by atoms with E-state index in [9.17, 15) is 27.6 Å². The Morgan fingerprint density at radius 3 is 2.42 bits per heavy atom. The average Bonchev–Trinajstić information content (AvgIpc) is 3.31. The molecule has 2 saturated heterocycles. The molecule has 0 bridgehead atoms. The number of alkyl halides is 3. The van der Waals surface area contributed by atoms with Crippen molar-refractivity contribution in [1.82, 2.24) is 20.5 Å². The molecule has 2 aliphatic heterocycles. The van der Waals surface area contributed by atoms with Gasteiger partial charge in [0.05, 0.1) is 0 Å². The molecule has 1 aromatic heterocycles. The Hall–Kier alpha value is -2.65. The number of rotatable bonds is 3. The largest absolute Gasteiger partial charge is 0.433 e. The second-order valence-corrected chi connectivity index (χ2v) is 6.85. The van der Waals surface area contributed by atoms with E-state index >= 15 is 0 Å². The Labute approximate surface area is 145 Å². The summed E-state index contributed by atoms with van der Waals surface area (Å²) in [6.07, 6.45) is -3.09. The van der Waals surface area contributed by atoms with Gasteiger partial charge in [-0.1, -0.05) is 0 Å². The van der Waals surface area contributed by atoms with Crippen LogP contribution < -0.4 is 10.6 Å². The van der Waals surface area contributed by atoms with Crippen LogP contribution in [0.4, 0.5) is 18.0 Å². The molecule has 0 spiro atoms. The summed E-state index contributed by atoms with van der Waals surface area (Å²) in [6.45, 7) is 0.388. The highest BCUT2D eigenvalue weighted by Crippen LogP contribution is 2.41. The van der Waals surface area contributed by atoms with Gasteiger partial charge in [0.25, 0.3) is 11.8 Å². The first-order valence-electron chi connectivity index (χ1n) is 8.22. The average molecular weight is 368 g/mol. The highest BCUT2D eigenvalue weighted by Gasteiger charge is 2.44. The molecule has 0 aromatic carbocycles. The van der Waals surface area contributed by atoms with Crippen LogP contribution in [0, 0.1) is 5.92 Å². The van der Waals surface area contributed by atoms with Crippen molar-refractivity contribution in [2.24, 2.45) is 5.92 Å². The van der Waals surface area contributed by atoms with Gasteiger partial charge in [-0.05, 0) is 25.0 Å². The number of carbonyl (C=O) groups excluding carboxylic acids is 3. The van der Waals surface area contributed by atoms with E-state index in [2.05, 4.69) is 15.6 Å². The summed E-state index contributed by atoms with van der Waals surface area (Å²) in [5.74, 6) is -1.25. The van der Waals surface area contributed by atoms with Crippen molar-refractivity contribution in [1.29, 1.82) is 0 Å². The van der Waals surface area contributed by atoms with Crippen molar-refractivity contribution < 1.29 is 27.6 Å². The fourth-order valence-corrected chi connectivity index (χ4v) is 3.25. The number of nitrogens with one attached hydrogen (secondary N) is 2. The zero-order valence-electron chi connectivity index (χ0n) is 13.5. The topological polar surface area (TPSA) is 91.4 Å². The van der Waals surface area contributed by atoms with Gasteiger partial charge >= 0.3 is 12.2 Å². The van der Waals surface area contributed by atoms with Crippen molar-refractivity contribution in [3.05, 3.63) is 29.1 Å². The number of aromatic nitrogens is 1. The number of pyridine rings is 1. The molecule has 1 aliphatic carbocycles. The molecule has 3 fully saturated rings. The first-order chi connectivity index (χ1) is 12.2. The van der Waals surface area contributed by atoms with Crippen molar-refractivity contribution in [3.8, 4) is 0 Å². The lowest BCUT2D eigenvalue weighted by Crippen LogP contribution is -2.58. The van der Waals surface area contributed by atoms with E-state index in [0.29, 0.717) is 5.69 Å². The fraction of sp³-hybridized carbons (Fsp3) is 0.500. The number of hydrogen-bond donors (Lipinski definition) is 2. The van der Waals surface area contributed by atoms with Crippen LogP contribution in [0.25, 0.3) is 0 Å². The van der Waals surface area contributed by atoms with Crippen LogP contribution >= 0.6 is 0 Å². The van der Waals surface area contributed by atoms with Gasteiger partial charge in [0, 0.05) is 36.2 Å². The number of carbonyl (C=O) groups is 3. The number of amides is 4. The van der Waals surface area contributed by atoms with Gasteiger partial charge in [0.2, 0.25) is 0 Å².